The van der Waals surface area contributed by atoms with E-state index in [0.717, 1.165) is 29.6 Å². The number of carbonyl (C=O) groups excluding carboxylic acids is 1. The molecule has 1 atom stereocenters. The molecule has 4 rings (SSSR count). The zero-order chi connectivity index (χ0) is 19.5. The minimum absolute atomic E-state index is 0.206. The number of ether oxygens (including phenoxy) is 2. The van der Waals surface area contributed by atoms with E-state index in [1.807, 2.05) is 36.5 Å². The Kier molecular flexibility index (Phi) is 5.32. The number of aromatic amines is 1. The third kappa shape index (κ3) is 4.03. The monoisotopic (exact) mass is 380 g/mol. The van der Waals surface area contributed by atoms with Gasteiger partial charge < -0.3 is 19.6 Å². The predicted molar refractivity (Wildman–Crippen MR) is 106 cm³/mol. The molecule has 2 heterocycles. The largest absolute Gasteiger partial charge is 0.491 e. The number of rotatable bonds is 7. The minimum atomic E-state index is -0.578. The molecule has 146 valence electrons. The van der Waals surface area contributed by atoms with Gasteiger partial charge in [0.2, 0.25) is 0 Å². The molecule has 1 aliphatic rings. The van der Waals surface area contributed by atoms with Crippen LogP contribution >= 0.6 is 0 Å². The molecular formula is C22H24N2O4. The Bertz CT molecular complexity index is 957. The van der Waals surface area contributed by atoms with Crippen molar-refractivity contribution in [3.63, 3.8) is 0 Å². The van der Waals surface area contributed by atoms with Crippen LogP contribution in [0.1, 0.15) is 16.7 Å². The van der Waals surface area contributed by atoms with Crippen molar-refractivity contribution in [1.82, 2.24) is 9.88 Å². The van der Waals surface area contributed by atoms with Gasteiger partial charge in [-0.15, -0.1) is 0 Å². The number of esters is 1. The molecule has 28 heavy (non-hydrogen) atoms. The summed E-state index contributed by atoms with van der Waals surface area (Å²) in [5, 5.41) is 11.3. The molecular weight excluding hydrogens is 356 g/mol. The summed E-state index contributed by atoms with van der Waals surface area (Å²) in [6, 6.07) is 14.0. The summed E-state index contributed by atoms with van der Waals surface area (Å²) in [6.07, 6.45) is 1.44. The van der Waals surface area contributed by atoms with Crippen molar-refractivity contribution in [3.8, 4) is 5.75 Å². The fraction of sp³-hybridized carbons (Fsp3) is 0.318. The number of H-pyrrole nitrogens is 1. The molecule has 0 radical (unpaired) electrons. The van der Waals surface area contributed by atoms with Crippen molar-refractivity contribution in [2.45, 2.75) is 25.6 Å². The summed E-state index contributed by atoms with van der Waals surface area (Å²) in [7, 11) is 1.38. The second-order valence-electron chi connectivity index (χ2n) is 7.18. The van der Waals surface area contributed by atoms with Crippen molar-refractivity contribution in [3.05, 3.63) is 65.4 Å². The molecule has 6 heteroatoms. The maximum absolute atomic E-state index is 11.6. The summed E-state index contributed by atoms with van der Waals surface area (Å²) in [6.45, 7) is 2.50. The quantitative estimate of drug-likeness (QED) is 0.617. The van der Waals surface area contributed by atoms with Gasteiger partial charge in [0.05, 0.1) is 13.5 Å². The summed E-state index contributed by atoms with van der Waals surface area (Å²) in [4.78, 5) is 16.9. The maximum Gasteiger partial charge on any atom is 0.310 e. The highest BCUT2D eigenvalue weighted by atomic mass is 16.5. The molecule has 6 nitrogen and oxygen atoms in total. The topological polar surface area (TPSA) is 74.8 Å². The lowest BCUT2D eigenvalue weighted by Crippen LogP contribution is -2.32. The number of aromatic nitrogens is 1. The average Bonchev–Trinajstić information content (AvgIpc) is 3.29. The van der Waals surface area contributed by atoms with Gasteiger partial charge >= 0.3 is 5.97 Å². The van der Waals surface area contributed by atoms with E-state index in [9.17, 15) is 9.90 Å². The smallest absolute Gasteiger partial charge is 0.310 e. The Labute approximate surface area is 163 Å². The third-order valence-electron chi connectivity index (χ3n) is 5.12. The number of hydrogen-bond acceptors (Lipinski definition) is 5. The fourth-order valence-corrected chi connectivity index (χ4v) is 3.70. The SMILES string of the molecule is COC(=O)Cc1c[nH]c2ccc(OC[C@@H](O)CN3Cc4ccccc4C3)cc12. The van der Waals surface area contributed by atoms with Gasteiger partial charge in [-0.3, -0.25) is 9.69 Å². The van der Waals surface area contributed by atoms with Crippen LogP contribution in [0.25, 0.3) is 10.9 Å². The molecule has 0 unspecified atom stereocenters. The Hall–Kier alpha value is -2.83. The van der Waals surface area contributed by atoms with Gasteiger partial charge in [0.15, 0.2) is 0 Å². The number of β-amino-alcohol motifs (C(OH)–C–C–N with tert-alkyl or cyclic N) is 1. The standard InChI is InChI=1S/C22H24N2O4/c1-27-22(26)8-17-10-23-21-7-6-19(9-20(17)21)28-14-18(25)13-24-11-15-4-2-3-5-16(15)12-24/h2-7,9-10,18,23,25H,8,11-14H2,1H3/t18-/m0/s1. The van der Waals surface area contributed by atoms with E-state index < -0.39 is 6.10 Å². The number of nitrogens with one attached hydrogen (secondary N) is 1. The van der Waals surface area contributed by atoms with Crippen molar-refractivity contribution in [2.75, 3.05) is 20.3 Å². The van der Waals surface area contributed by atoms with Crippen LogP contribution < -0.4 is 4.74 Å². The van der Waals surface area contributed by atoms with E-state index in [1.165, 1.54) is 18.2 Å². The van der Waals surface area contributed by atoms with E-state index in [4.69, 9.17) is 9.47 Å². The third-order valence-corrected chi connectivity index (χ3v) is 5.12. The highest BCUT2D eigenvalue weighted by Gasteiger charge is 2.21. The van der Waals surface area contributed by atoms with Gasteiger partial charge in [-0.25, -0.2) is 0 Å². The number of hydrogen-bond donors (Lipinski definition) is 2. The van der Waals surface area contributed by atoms with E-state index in [-0.39, 0.29) is 19.0 Å². The maximum atomic E-state index is 11.6. The normalized spacial score (nSPS) is 14.8. The number of carbonyl (C=O) groups is 1. The van der Waals surface area contributed by atoms with Crippen LogP contribution in [-0.4, -0.2) is 47.3 Å². The van der Waals surface area contributed by atoms with Crippen molar-refractivity contribution < 1.29 is 19.4 Å². The Morgan fingerprint density at radius 2 is 1.96 bits per heavy atom. The number of aliphatic hydroxyl groups is 1. The minimum Gasteiger partial charge on any atom is -0.491 e. The number of benzene rings is 2. The van der Waals surface area contributed by atoms with E-state index >= 15 is 0 Å². The van der Waals surface area contributed by atoms with Crippen LogP contribution in [0.15, 0.2) is 48.7 Å². The zero-order valence-corrected chi connectivity index (χ0v) is 15.9. The van der Waals surface area contributed by atoms with Gasteiger partial charge in [-0.05, 0) is 34.9 Å². The first-order valence-corrected chi connectivity index (χ1v) is 9.39. The van der Waals surface area contributed by atoms with Crippen molar-refractivity contribution >= 4 is 16.9 Å². The molecule has 0 fully saturated rings. The Morgan fingerprint density at radius 1 is 1.21 bits per heavy atom. The van der Waals surface area contributed by atoms with E-state index in [2.05, 4.69) is 22.0 Å². The molecule has 3 aromatic rings. The van der Waals surface area contributed by atoms with Crippen LogP contribution in [0.5, 0.6) is 5.75 Å². The summed E-state index contributed by atoms with van der Waals surface area (Å²) in [5.74, 6) is 0.385. The first kappa shape index (κ1) is 18.5. The number of fused-ring (bicyclic) bond motifs is 2. The molecule has 1 aromatic heterocycles. The summed E-state index contributed by atoms with van der Waals surface area (Å²) >= 11 is 0. The molecule has 0 saturated carbocycles. The van der Waals surface area contributed by atoms with Crippen LogP contribution in [0.4, 0.5) is 0 Å². The highest BCUT2D eigenvalue weighted by molar-refractivity contribution is 5.88. The van der Waals surface area contributed by atoms with E-state index in [1.54, 1.807) is 0 Å². The lowest BCUT2D eigenvalue weighted by molar-refractivity contribution is -0.139. The zero-order valence-electron chi connectivity index (χ0n) is 15.9. The summed E-state index contributed by atoms with van der Waals surface area (Å²) < 4.78 is 10.6. The van der Waals surface area contributed by atoms with Gasteiger partial charge in [-0.2, -0.15) is 0 Å². The van der Waals surface area contributed by atoms with Crippen molar-refractivity contribution in [1.29, 1.82) is 0 Å². The molecule has 1 aliphatic heterocycles. The van der Waals surface area contributed by atoms with Crippen LogP contribution in [0.3, 0.4) is 0 Å². The second-order valence-corrected chi connectivity index (χ2v) is 7.18. The molecule has 0 spiro atoms. The van der Waals surface area contributed by atoms with Gasteiger partial charge in [0.25, 0.3) is 0 Å². The molecule has 0 aliphatic carbocycles. The Balaban J connectivity index is 1.35. The first-order valence-electron chi connectivity index (χ1n) is 9.39. The number of methoxy groups -OCH3 is 1. The number of aliphatic hydroxyl groups excluding tert-OH is 1. The molecule has 0 bridgehead atoms. The molecule has 0 amide bonds. The number of nitrogens with zero attached hydrogens (tertiary/aromatic N) is 1. The predicted octanol–water partition coefficient (Wildman–Crippen LogP) is 2.64. The lowest BCUT2D eigenvalue weighted by Gasteiger charge is -2.19. The van der Waals surface area contributed by atoms with Gasteiger partial charge in [0, 0.05) is 36.7 Å². The lowest BCUT2D eigenvalue weighted by atomic mass is 10.1. The summed E-state index contributed by atoms with van der Waals surface area (Å²) in [5.41, 5.74) is 4.45. The second kappa shape index (κ2) is 8.04. The average molecular weight is 380 g/mol. The molecule has 2 aromatic carbocycles. The van der Waals surface area contributed by atoms with Crippen LogP contribution in [0.2, 0.25) is 0 Å². The highest BCUT2D eigenvalue weighted by Crippen LogP contribution is 2.25. The van der Waals surface area contributed by atoms with E-state index in [0.29, 0.717) is 12.3 Å². The molecule has 2 N–H and O–H groups in total. The van der Waals surface area contributed by atoms with Crippen LogP contribution in [0, 0.1) is 0 Å². The Morgan fingerprint density at radius 3 is 2.68 bits per heavy atom. The van der Waals surface area contributed by atoms with Gasteiger partial charge in [-0.1, -0.05) is 24.3 Å². The van der Waals surface area contributed by atoms with Gasteiger partial charge in [0.1, 0.15) is 18.5 Å². The fourth-order valence-electron chi connectivity index (χ4n) is 3.70. The molecule has 0 saturated heterocycles. The van der Waals surface area contributed by atoms with Crippen molar-refractivity contribution in [2.24, 2.45) is 0 Å². The first-order chi connectivity index (χ1) is 13.6. The van der Waals surface area contributed by atoms with Crippen LogP contribution in [-0.2, 0) is 29.0 Å².